The summed E-state index contributed by atoms with van der Waals surface area (Å²) >= 11 is 6.08. The Hall–Kier alpha value is -2.95. The molecule has 0 aliphatic heterocycles. The van der Waals surface area contributed by atoms with Crippen molar-refractivity contribution in [1.29, 1.82) is 0 Å². The molecule has 3 aromatic rings. The van der Waals surface area contributed by atoms with E-state index in [1.54, 1.807) is 20.8 Å². The summed E-state index contributed by atoms with van der Waals surface area (Å²) in [5.74, 6) is 0. The van der Waals surface area contributed by atoms with Crippen LogP contribution in [0.5, 0.6) is 0 Å². The van der Waals surface area contributed by atoms with Crippen LogP contribution in [0, 0.1) is 0 Å². The van der Waals surface area contributed by atoms with E-state index in [9.17, 15) is 21.6 Å². The highest BCUT2D eigenvalue weighted by Crippen LogP contribution is 2.46. The molecule has 0 radical (unpaired) electrons. The number of halogens is 2. The van der Waals surface area contributed by atoms with Gasteiger partial charge in [0, 0.05) is 5.02 Å². The fourth-order valence-corrected chi connectivity index (χ4v) is 8.07. The normalized spacial score (nSPS) is 13.6. The minimum Gasteiger partial charge on any atom is -0.444 e. The number of hydrogen-bond donors (Lipinski definition) is 1. The van der Waals surface area contributed by atoms with Crippen LogP contribution in [0.3, 0.4) is 0 Å². The molecule has 192 valence electrons. The van der Waals surface area contributed by atoms with Crippen molar-refractivity contribution in [3.8, 4) is 0 Å². The van der Waals surface area contributed by atoms with Gasteiger partial charge in [-0.2, -0.15) is 0 Å². The zero-order chi connectivity index (χ0) is 26.8. The predicted octanol–water partition coefficient (Wildman–Crippen LogP) is 5.48. The summed E-state index contributed by atoms with van der Waals surface area (Å²) in [4.78, 5) is 11.6. The molecule has 1 amide bonds. The van der Waals surface area contributed by atoms with Gasteiger partial charge >= 0.3 is 10.4 Å². The minimum atomic E-state index is -5.32. The van der Waals surface area contributed by atoms with Gasteiger partial charge < -0.3 is 10.1 Å². The molecular formula is C25H25ClFNO6S2. The number of nitrogens with one attached hydrogen (secondary N) is 1. The molecule has 0 fully saturated rings. The molecule has 0 aliphatic carbocycles. The van der Waals surface area contributed by atoms with E-state index >= 15 is 4.39 Å². The first-order chi connectivity index (χ1) is 16.7. The van der Waals surface area contributed by atoms with Crippen LogP contribution in [0.25, 0.3) is 0 Å². The molecule has 0 spiro atoms. The summed E-state index contributed by atoms with van der Waals surface area (Å²) in [5, 5.41) is 2.23. The van der Waals surface area contributed by atoms with E-state index in [0.29, 0.717) is 0 Å². The Morgan fingerprint density at radius 3 is 1.72 bits per heavy atom. The highest BCUT2D eigenvalue weighted by atomic mass is 35.5. The van der Waals surface area contributed by atoms with Crippen LogP contribution in [0.4, 0.5) is 9.18 Å². The van der Waals surface area contributed by atoms with Crippen LogP contribution in [0.15, 0.2) is 94.7 Å². The van der Waals surface area contributed by atoms with Gasteiger partial charge in [-0.25, -0.2) is 26.0 Å². The zero-order valence-corrected chi connectivity index (χ0v) is 22.1. The second-order valence-corrected chi connectivity index (χ2v) is 13.7. The van der Waals surface area contributed by atoms with Crippen LogP contribution in [-0.2, 0) is 24.4 Å². The molecule has 7 nitrogen and oxygen atoms in total. The Labute approximate surface area is 215 Å². The van der Waals surface area contributed by atoms with E-state index in [4.69, 9.17) is 16.3 Å². The number of amides is 1. The van der Waals surface area contributed by atoms with E-state index in [2.05, 4.69) is 5.32 Å². The lowest BCUT2D eigenvalue weighted by molar-refractivity contribution is 0.0481. The van der Waals surface area contributed by atoms with E-state index < -0.39 is 51.5 Å². The first-order valence-corrected chi connectivity index (χ1v) is 14.1. The maximum Gasteiger partial charge on any atom is 0.408 e. The lowest BCUT2D eigenvalue weighted by Gasteiger charge is -2.34. The molecule has 0 saturated carbocycles. The molecule has 1 N–H and O–H groups in total. The highest BCUT2D eigenvalue weighted by molar-refractivity contribution is 8.10. The lowest BCUT2D eigenvalue weighted by atomic mass is 10.1. The van der Waals surface area contributed by atoms with Crippen molar-refractivity contribution >= 4 is 37.4 Å². The quantitative estimate of drug-likeness (QED) is 0.415. The number of ether oxygens (including phenoxy) is 1. The Bertz CT molecular complexity index is 1370. The van der Waals surface area contributed by atoms with Crippen molar-refractivity contribution in [3.05, 3.63) is 95.5 Å². The van der Waals surface area contributed by atoms with Gasteiger partial charge in [-0.05, 0) is 62.7 Å². The van der Waals surface area contributed by atoms with Crippen LogP contribution in [-0.4, -0.2) is 32.9 Å². The number of rotatable bonds is 7. The predicted molar refractivity (Wildman–Crippen MR) is 135 cm³/mol. The average molecular weight is 554 g/mol. The summed E-state index contributed by atoms with van der Waals surface area (Å²) in [6, 6.07) is 15.6. The molecular weight excluding hydrogens is 529 g/mol. The Kier molecular flexibility index (Phi) is 7.83. The Morgan fingerprint density at radius 2 is 1.31 bits per heavy atom. The van der Waals surface area contributed by atoms with Gasteiger partial charge in [0.2, 0.25) is 19.7 Å². The number of alkyl carbamates (subject to hydrolysis) is 1. The monoisotopic (exact) mass is 553 g/mol. The fraction of sp³-hybridized carbons (Fsp3) is 0.240. The number of sulfone groups is 2. The molecule has 0 heterocycles. The van der Waals surface area contributed by atoms with Gasteiger partial charge in [0.25, 0.3) is 0 Å². The Morgan fingerprint density at radius 1 is 0.833 bits per heavy atom. The molecule has 1 atom stereocenters. The van der Waals surface area contributed by atoms with Crippen LogP contribution >= 0.6 is 11.6 Å². The molecule has 0 aromatic heterocycles. The number of benzene rings is 3. The lowest BCUT2D eigenvalue weighted by Crippen LogP contribution is -2.54. The smallest absolute Gasteiger partial charge is 0.408 e. The second-order valence-electron chi connectivity index (χ2n) is 8.85. The number of carbonyl (C=O) groups excluding carboxylic acids is 1. The highest BCUT2D eigenvalue weighted by Gasteiger charge is 2.64. The minimum absolute atomic E-state index is 0.0695. The summed E-state index contributed by atoms with van der Waals surface area (Å²) in [5.41, 5.74) is -1.24. The topological polar surface area (TPSA) is 107 Å². The molecule has 3 rings (SSSR count). The summed E-state index contributed by atoms with van der Waals surface area (Å²) < 4.78 is 74.1. The van der Waals surface area contributed by atoms with E-state index in [-0.39, 0.29) is 10.6 Å². The van der Waals surface area contributed by atoms with Gasteiger partial charge in [0.15, 0.2) is 0 Å². The molecule has 0 aliphatic rings. The molecule has 3 aromatic carbocycles. The summed E-state index contributed by atoms with van der Waals surface area (Å²) in [6.07, 6.45) is -1.22. The zero-order valence-electron chi connectivity index (χ0n) is 19.7. The second kappa shape index (κ2) is 10.2. The summed E-state index contributed by atoms with van der Waals surface area (Å²) in [6.45, 7) is 4.64. The molecule has 0 saturated heterocycles. The number of alkyl halides is 1. The maximum absolute atomic E-state index is 17.5. The number of hydrogen-bond acceptors (Lipinski definition) is 6. The van der Waals surface area contributed by atoms with Gasteiger partial charge in [-0.15, -0.1) is 0 Å². The number of carbonyl (C=O) groups is 1. The molecule has 36 heavy (non-hydrogen) atoms. The molecule has 11 heteroatoms. The fourth-order valence-electron chi connectivity index (χ4n) is 3.46. The van der Waals surface area contributed by atoms with Crippen molar-refractivity contribution in [2.24, 2.45) is 0 Å². The first-order valence-electron chi connectivity index (χ1n) is 10.7. The van der Waals surface area contributed by atoms with Crippen LogP contribution in [0.1, 0.15) is 32.4 Å². The van der Waals surface area contributed by atoms with Gasteiger partial charge in [-0.1, -0.05) is 60.1 Å². The largest absolute Gasteiger partial charge is 0.444 e. The van der Waals surface area contributed by atoms with E-state index in [1.165, 1.54) is 60.7 Å². The molecule has 0 unspecified atom stereocenters. The Balaban J connectivity index is 2.37. The van der Waals surface area contributed by atoms with Crippen molar-refractivity contribution in [1.82, 2.24) is 5.32 Å². The SMILES string of the molecule is CC(C)(C)OC(=O)N[C@@H](c1cccc(Cl)c1)C(F)(S(=O)(=O)c1ccccc1)S(=O)(=O)c1ccccc1. The average Bonchev–Trinajstić information content (AvgIpc) is 2.82. The summed E-state index contributed by atoms with van der Waals surface area (Å²) in [7, 11) is -10.6. The van der Waals surface area contributed by atoms with Gasteiger partial charge in [0.05, 0.1) is 9.79 Å². The van der Waals surface area contributed by atoms with E-state index in [1.807, 2.05) is 0 Å². The van der Waals surface area contributed by atoms with Gasteiger partial charge in [0.1, 0.15) is 11.6 Å². The van der Waals surface area contributed by atoms with Crippen LogP contribution < -0.4 is 5.32 Å². The van der Waals surface area contributed by atoms with Gasteiger partial charge in [-0.3, -0.25) is 0 Å². The first kappa shape index (κ1) is 27.6. The molecule has 0 bridgehead atoms. The standard InChI is InChI=1S/C25H25ClFNO6S2/c1-24(2,3)34-23(29)28-22(18-11-10-12-19(26)17-18)25(27,35(30,31)20-13-6-4-7-14-20)36(32,33)21-15-8-5-9-16-21/h4-17,22H,1-3H3,(H,28,29)/t22-/m0/s1. The third-order valence-corrected chi connectivity index (χ3v) is 10.3. The van der Waals surface area contributed by atoms with Crippen molar-refractivity contribution in [3.63, 3.8) is 0 Å². The van der Waals surface area contributed by atoms with E-state index in [0.717, 1.165) is 24.3 Å². The maximum atomic E-state index is 17.5. The van der Waals surface area contributed by atoms with Crippen molar-refractivity contribution in [2.45, 2.75) is 46.5 Å². The van der Waals surface area contributed by atoms with Crippen molar-refractivity contribution in [2.75, 3.05) is 0 Å². The third-order valence-electron chi connectivity index (χ3n) is 5.03. The van der Waals surface area contributed by atoms with Crippen molar-refractivity contribution < 1.29 is 30.8 Å². The van der Waals surface area contributed by atoms with Crippen LogP contribution in [0.2, 0.25) is 5.02 Å². The third kappa shape index (κ3) is 5.40.